The number of hydrogen-bond acceptors (Lipinski definition) is 6. The maximum atomic E-state index is 13.2. The zero-order valence-corrected chi connectivity index (χ0v) is 14.9. The van der Waals surface area contributed by atoms with E-state index in [1.54, 1.807) is 30.1 Å². The Kier molecular flexibility index (Phi) is 4.29. The van der Waals surface area contributed by atoms with Crippen molar-refractivity contribution >= 4 is 17.5 Å². The minimum atomic E-state index is -0.486. The van der Waals surface area contributed by atoms with Gasteiger partial charge in [-0.2, -0.15) is 10.1 Å². The Morgan fingerprint density at radius 2 is 2.00 bits per heavy atom. The van der Waals surface area contributed by atoms with Crippen LogP contribution in [0.15, 0.2) is 66.3 Å². The van der Waals surface area contributed by atoms with Crippen LogP contribution in [0.3, 0.4) is 0 Å². The number of para-hydroxylation sites is 2. The summed E-state index contributed by atoms with van der Waals surface area (Å²) < 4.78 is 6.99. The number of hydrogen-bond donors (Lipinski definition) is 2. The van der Waals surface area contributed by atoms with Gasteiger partial charge < -0.3 is 15.4 Å². The summed E-state index contributed by atoms with van der Waals surface area (Å²) in [7, 11) is 1.57. The molecular formula is C19H18N6O2. The number of ether oxygens (including phenoxy) is 1. The van der Waals surface area contributed by atoms with Crippen molar-refractivity contribution in [3.8, 4) is 5.75 Å². The van der Waals surface area contributed by atoms with Gasteiger partial charge in [-0.1, -0.05) is 18.2 Å². The van der Waals surface area contributed by atoms with Gasteiger partial charge in [0.25, 0.3) is 5.91 Å². The van der Waals surface area contributed by atoms with Crippen molar-refractivity contribution in [1.29, 1.82) is 0 Å². The Hall–Kier alpha value is -3.68. The minimum absolute atomic E-state index is 0.263. The van der Waals surface area contributed by atoms with E-state index in [1.807, 2.05) is 37.3 Å². The molecule has 3 aromatic rings. The van der Waals surface area contributed by atoms with Gasteiger partial charge in [-0.15, -0.1) is 0 Å². The van der Waals surface area contributed by atoms with Gasteiger partial charge in [0.15, 0.2) is 0 Å². The van der Waals surface area contributed by atoms with E-state index < -0.39 is 6.04 Å². The molecular weight excluding hydrogens is 344 g/mol. The van der Waals surface area contributed by atoms with E-state index in [0.717, 1.165) is 0 Å². The molecule has 4 rings (SSSR count). The van der Waals surface area contributed by atoms with Crippen molar-refractivity contribution in [3.63, 3.8) is 0 Å². The van der Waals surface area contributed by atoms with Crippen LogP contribution in [0.5, 0.6) is 5.75 Å². The molecule has 0 spiro atoms. The molecule has 136 valence electrons. The van der Waals surface area contributed by atoms with Gasteiger partial charge in [-0.25, -0.2) is 4.68 Å². The lowest BCUT2D eigenvalue weighted by Crippen LogP contribution is -2.32. The number of anilines is 2. The molecule has 0 saturated carbocycles. The number of pyridine rings is 1. The number of aromatic nitrogens is 4. The van der Waals surface area contributed by atoms with Crippen molar-refractivity contribution in [2.45, 2.75) is 13.0 Å². The maximum absolute atomic E-state index is 13.2. The van der Waals surface area contributed by atoms with Crippen molar-refractivity contribution in [1.82, 2.24) is 19.7 Å². The second-order valence-electron chi connectivity index (χ2n) is 6.00. The lowest BCUT2D eigenvalue weighted by molar-refractivity contribution is -0.113. The van der Waals surface area contributed by atoms with Gasteiger partial charge >= 0.3 is 0 Å². The van der Waals surface area contributed by atoms with E-state index in [4.69, 9.17) is 4.74 Å². The highest BCUT2D eigenvalue weighted by molar-refractivity contribution is 6.06. The molecule has 2 aromatic heterocycles. The minimum Gasteiger partial charge on any atom is -0.495 e. The van der Waals surface area contributed by atoms with Gasteiger partial charge in [0.1, 0.15) is 18.1 Å². The molecule has 1 aliphatic heterocycles. The predicted molar refractivity (Wildman–Crippen MR) is 100 cm³/mol. The number of methoxy groups -OCH3 is 1. The first kappa shape index (κ1) is 16.8. The third kappa shape index (κ3) is 3.01. The van der Waals surface area contributed by atoms with Crippen LogP contribution in [0.4, 0.5) is 11.6 Å². The number of rotatable bonds is 4. The normalized spacial score (nSPS) is 15.7. The molecule has 0 bridgehead atoms. The van der Waals surface area contributed by atoms with Crippen LogP contribution in [-0.2, 0) is 4.79 Å². The molecule has 27 heavy (non-hydrogen) atoms. The first-order valence-electron chi connectivity index (χ1n) is 8.41. The first-order valence-corrected chi connectivity index (χ1v) is 8.41. The van der Waals surface area contributed by atoms with E-state index in [2.05, 4.69) is 25.7 Å². The van der Waals surface area contributed by atoms with Crippen LogP contribution < -0.4 is 15.4 Å². The molecule has 0 aliphatic carbocycles. The SMILES string of the molecule is COc1ccccc1NC(=O)C1=C(C)Nc2ncnn2[C@@H]1c1ccccn1. The van der Waals surface area contributed by atoms with Crippen molar-refractivity contribution < 1.29 is 9.53 Å². The summed E-state index contributed by atoms with van der Waals surface area (Å²) in [6.07, 6.45) is 3.14. The second kappa shape index (κ2) is 6.91. The monoisotopic (exact) mass is 362 g/mol. The van der Waals surface area contributed by atoms with E-state index in [0.29, 0.717) is 34.3 Å². The zero-order valence-electron chi connectivity index (χ0n) is 14.9. The summed E-state index contributed by atoms with van der Waals surface area (Å²) in [5.74, 6) is 0.891. The Bertz CT molecular complexity index is 1010. The molecule has 1 atom stereocenters. The molecule has 1 aromatic carbocycles. The summed E-state index contributed by atoms with van der Waals surface area (Å²) in [6, 6.07) is 12.4. The van der Waals surface area contributed by atoms with Gasteiger partial charge in [0.05, 0.1) is 24.1 Å². The Labute approximate surface area is 155 Å². The molecule has 0 fully saturated rings. The Morgan fingerprint density at radius 1 is 1.19 bits per heavy atom. The van der Waals surface area contributed by atoms with E-state index in [1.165, 1.54) is 6.33 Å². The molecule has 1 amide bonds. The number of benzene rings is 1. The fourth-order valence-corrected chi connectivity index (χ4v) is 3.13. The molecule has 1 aliphatic rings. The zero-order chi connectivity index (χ0) is 18.8. The van der Waals surface area contributed by atoms with Crippen LogP contribution in [0.25, 0.3) is 0 Å². The highest BCUT2D eigenvalue weighted by Crippen LogP contribution is 2.34. The number of fused-ring (bicyclic) bond motifs is 1. The predicted octanol–water partition coefficient (Wildman–Crippen LogP) is 2.61. The summed E-state index contributed by atoms with van der Waals surface area (Å²) in [5, 5.41) is 10.4. The maximum Gasteiger partial charge on any atom is 0.256 e. The molecule has 8 nitrogen and oxygen atoms in total. The number of nitrogens with one attached hydrogen (secondary N) is 2. The number of amides is 1. The smallest absolute Gasteiger partial charge is 0.256 e. The van der Waals surface area contributed by atoms with E-state index in [9.17, 15) is 4.79 Å². The van der Waals surface area contributed by atoms with Crippen molar-refractivity contribution in [3.05, 3.63) is 72.0 Å². The fraction of sp³-hybridized carbons (Fsp3) is 0.158. The van der Waals surface area contributed by atoms with Gasteiger partial charge in [0, 0.05) is 11.9 Å². The topological polar surface area (TPSA) is 94.0 Å². The average molecular weight is 362 g/mol. The van der Waals surface area contributed by atoms with E-state index >= 15 is 0 Å². The number of nitrogens with zero attached hydrogens (tertiary/aromatic N) is 4. The largest absolute Gasteiger partial charge is 0.495 e. The summed E-state index contributed by atoms with van der Waals surface area (Å²) >= 11 is 0. The van der Waals surface area contributed by atoms with Crippen molar-refractivity contribution in [2.75, 3.05) is 17.7 Å². The standard InChI is InChI=1S/C19H18N6O2/c1-12-16(18(26)24-13-7-3-4-9-15(13)27-2)17(14-8-5-6-10-20-14)25-19(23-12)21-11-22-25/h3-11,17H,1-2H3,(H,24,26)(H,21,22,23)/t17-/m1/s1. The summed E-state index contributed by atoms with van der Waals surface area (Å²) in [6.45, 7) is 1.84. The van der Waals surface area contributed by atoms with Crippen LogP contribution in [0.2, 0.25) is 0 Å². The second-order valence-corrected chi connectivity index (χ2v) is 6.00. The Balaban J connectivity index is 1.76. The van der Waals surface area contributed by atoms with Gasteiger partial charge in [-0.3, -0.25) is 9.78 Å². The van der Waals surface area contributed by atoms with Crippen LogP contribution in [0, 0.1) is 0 Å². The van der Waals surface area contributed by atoms with Crippen LogP contribution in [0.1, 0.15) is 18.7 Å². The first-order chi connectivity index (χ1) is 13.2. The highest BCUT2D eigenvalue weighted by Gasteiger charge is 2.34. The fourth-order valence-electron chi connectivity index (χ4n) is 3.13. The third-order valence-electron chi connectivity index (χ3n) is 4.36. The van der Waals surface area contributed by atoms with Crippen molar-refractivity contribution in [2.24, 2.45) is 0 Å². The summed E-state index contributed by atoms with van der Waals surface area (Å²) in [5.41, 5.74) is 2.50. The number of allylic oxidation sites excluding steroid dienone is 1. The molecule has 0 radical (unpaired) electrons. The summed E-state index contributed by atoms with van der Waals surface area (Å²) in [4.78, 5) is 21.9. The quantitative estimate of drug-likeness (QED) is 0.741. The number of carbonyl (C=O) groups is 1. The number of carbonyl (C=O) groups excluding carboxylic acids is 1. The van der Waals surface area contributed by atoms with Gasteiger partial charge in [-0.05, 0) is 31.2 Å². The molecule has 0 unspecified atom stereocenters. The van der Waals surface area contributed by atoms with Crippen LogP contribution >= 0.6 is 0 Å². The lowest BCUT2D eigenvalue weighted by atomic mass is 9.98. The lowest BCUT2D eigenvalue weighted by Gasteiger charge is -2.28. The molecule has 8 heteroatoms. The molecule has 3 heterocycles. The van der Waals surface area contributed by atoms with Gasteiger partial charge in [0.2, 0.25) is 5.95 Å². The Morgan fingerprint density at radius 3 is 2.78 bits per heavy atom. The molecule has 2 N–H and O–H groups in total. The van der Waals surface area contributed by atoms with E-state index in [-0.39, 0.29) is 5.91 Å². The van der Waals surface area contributed by atoms with Crippen LogP contribution in [-0.4, -0.2) is 32.8 Å². The third-order valence-corrected chi connectivity index (χ3v) is 4.36. The molecule has 0 saturated heterocycles. The highest BCUT2D eigenvalue weighted by atomic mass is 16.5. The average Bonchev–Trinajstić information content (AvgIpc) is 3.15.